The van der Waals surface area contributed by atoms with Gasteiger partial charge >= 0.3 is 6.61 Å². The van der Waals surface area contributed by atoms with Gasteiger partial charge in [-0.25, -0.2) is 4.99 Å². The first-order chi connectivity index (χ1) is 11.6. The Morgan fingerprint density at radius 3 is 2.60 bits per heavy atom. The predicted octanol–water partition coefficient (Wildman–Crippen LogP) is 3.23. The molecule has 0 aliphatic carbocycles. The van der Waals surface area contributed by atoms with Gasteiger partial charge in [-0.15, -0.1) is 24.0 Å². The molecule has 9 heteroatoms. The average molecular weight is 465 g/mol. The minimum absolute atomic E-state index is 0. The lowest BCUT2D eigenvalue weighted by molar-refractivity contribution is -0.0498. The van der Waals surface area contributed by atoms with Crippen molar-refractivity contribution in [2.75, 3.05) is 13.6 Å². The SMILES string of the molecule is CCNC(=NCc1ccn[nH]1)N(C)Cc1ccc(OC(F)F)cc1.I. The summed E-state index contributed by atoms with van der Waals surface area (Å²) in [6.07, 6.45) is 1.69. The monoisotopic (exact) mass is 465 g/mol. The summed E-state index contributed by atoms with van der Waals surface area (Å²) in [5.74, 6) is 0.899. The number of nitrogens with zero attached hydrogens (tertiary/aromatic N) is 3. The van der Waals surface area contributed by atoms with Crippen molar-refractivity contribution in [3.63, 3.8) is 0 Å². The van der Waals surface area contributed by atoms with E-state index in [1.54, 1.807) is 18.3 Å². The Bertz CT molecular complexity index is 634. The van der Waals surface area contributed by atoms with E-state index >= 15 is 0 Å². The van der Waals surface area contributed by atoms with Gasteiger partial charge in [0.2, 0.25) is 0 Å². The normalized spacial score (nSPS) is 11.2. The van der Waals surface area contributed by atoms with Gasteiger partial charge in [-0.3, -0.25) is 5.10 Å². The number of hydrogen-bond acceptors (Lipinski definition) is 3. The summed E-state index contributed by atoms with van der Waals surface area (Å²) < 4.78 is 28.7. The van der Waals surface area contributed by atoms with Crippen molar-refractivity contribution in [1.29, 1.82) is 0 Å². The molecule has 0 spiro atoms. The molecule has 0 saturated carbocycles. The first-order valence-electron chi connectivity index (χ1n) is 7.60. The van der Waals surface area contributed by atoms with Crippen LogP contribution in [-0.2, 0) is 13.1 Å². The van der Waals surface area contributed by atoms with Crippen molar-refractivity contribution < 1.29 is 13.5 Å². The quantitative estimate of drug-likeness (QED) is 0.375. The van der Waals surface area contributed by atoms with Gasteiger partial charge in [-0.2, -0.15) is 13.9 Å². The summed E-state index contributed by atoms with van der Waals surface area (Å²) in [4.78, 5) is 6.51. The summed E-state index contributed by atoms with van der Waals surface area (Å²) in [6, 6.07) is 8.45. The number of rotatable bonds is 7. The van der Waals surface area contributed by atoms with Gasteiger partial charge in [-0.1, -0.05) is 12.1 Å². The van der Waals surface area contributed by atoms with E-state index in [1.165, 1.54) is 12.1 Å². The van der Waals surface area contributed by atoms with Gasteiger partial charge in [0.25, 0.3) is 0 Å². The van der Waals surface area contributed by atoms with Gasteiger partial charge in [0, 0.05) is 26.3 Å². The molecule has 0 unspecified atom stereocenters. The lowest BCUT2D eigenvalue weighted by Crippen LogP contribution is -2.38. The lowest BCUT2D eigenvalue weighted by atomic mass is 10.2. The van der Waals surface area contributed by atoms with Gasteiger partial charge in [0.05, 0.1) is 12.2 Å². The molecule has 0 bridgehead atoms. The average Bonchev–Trinajstić information content (AvgIpc) is 3.06. The maximum atomic E-state index is 12.2. The Hall–Kier alpha value is -1.91. The molecular formula is C16H22F2IN5O. The van der Waals surface area contributed by atoms with Crippen LogP contribution in [0.15, 0.2) is 41.5 Å². The molecule has 25 heavy (non-hydrogen) atoms. The smallest absolute Gasteiger partial charge is 0.387 e. The Morgan fingerprint density at radius 2 is 2.04 bits per heavy atom. The van der Waals surface area contributed by atoms with E-state index < -0.39 is 6.61 Å². The summed E-state index contributed by atoms with van der Waals surface area (Å²) in [6.45, 7) is 1.01. The second-order valence-corrected chi connectivity index (χ2v) is 5.13. The third kappa shape index (κ3) is 7.24. The van der Waals surface area contributed by atoms with Crippen LogP contribution in [-0.4, -0.2) is 41.3 Å². The van der Waals surface area contributed by atoms with E-state index in [2.05, 4.69) is 25.2 Å². The number of alkyl halides is 2. The fraction of sp³-hybridized carbons (Fsp3) is 0.375. The molecule has 0 aliphatic heterocycles. The number of halogens is 3. The third-order valence-corrected chi connectivity index (χ3v) is 3.22. The molecule has 6 nitrogen and oxygen atoms in total. The van der Waals surface area contributed by atoms with Crippen LogP contribution < -0.4 is 10.1 Å². The van der Waals surface area contributed by atoms with Crippen LogP contribution in [0.3, 0.4) is 0 Å². The zero-order valence-electron chi connectivity index (χ0n) is 14.1. The molecule has 0 amide bonds. The second kappa shape index (κ2) is 10.9. The summed E-state index contributed by atoms with van der Waals surface area (Å²) in [5.41, 5.74) is 1.89. The molecule has 1 aromatic heterocycles. The fourth-order valence-corrected chi connectivity index (χ4v) is 2.13. The van der Waals surface area contributed by atoms with Gasteiger partial charge in [0.15, 0.2) is 5.96 Å². The Balaban J connectivity index is 0.00000312. The highest BCUT2D eigenvalue weighted by Crippen LogP contribution is 2.15. The highest BCUT2D eigenvalue weighted by Gasteiger charge is 2.08. The van der Waals surface area contributed by atoms with Crippen LogP contribution in [0.5, 0.6) is 5.75 Å². The van der Waals surface area contributed by atoms with Crippen LogP contribution in [0.1, 0.15) is 18.2 Å². The minimum atomic E-state index is -2.81. The third-order valence-electron chi connectivity index (χ3n) is 3.22. The van der Waals surface area contributed by atoms with Gasteiger partial charge in [0.1, 0.15) is 5.75 Å². The van der Waals surface area contributed by atoms with E-state index in [-0.39, 0.29) is 29.7 Å². The van der Waals surface area contributed by atoms with Crippen molar-refractivity contribution in [3.05, 3.63) is 47.8 Å². The number of guanidine groups is 1. The molecule has 1 aromatic carbocycles. The highest BCUT2D eigenvalue weighted by molar-refractivity contribution is 14.0. The molecular weight excluding hydrogens is 443 g/mol. The van der Waals surface area contributed by atoms with Gasteiger partial charge < -0.3 is 15.0 Å². The van der Waals surface area contributed by atoms with E-state index in [9.17, 15) is 8.78 Å². The molecule has 1 heterocycles. The molecule has 2 N–H and O–H groups in total. The fourth-order valence-electron chi connectivity index (χ4n) is 2.13. The number of ether oxygens (including phenoxy) is 1. The van der Waals surface area contributed by atoms with Gasteiger partial charge in [-0.05, 0) is 30.7 Å². The Morgan fingerprint density at radius 1 is 1.32 bits per heavy atom. The number of nitrogens with one attached hydrogen (secondary N) is 2. The predicted molar refractivity (Wildman–Crippen MR) is 103 cm³/mol. The van der Waals surface area contributed by atoms with Crippen LogP contribution >= 0.6 is 24.0 Å². The maximum Gasteiger partial charge on any atom is 0.387 e. The standard InChI is InChI=1S/C16H21F2N5O.HI/c1-3-19-16(20-10-13-8-9-21-22-13)23(2)11-12-4-6-14(7-5-12)24-15(17)18;/h4-9,15H,3,10-11H2,1-2H3,(H,19,20)(H,21,22);1H. The molecule has 0 fully saturated rings. The molecule has 0 saturated heterocycles. The Kier molecular flexibility index (Phi) is 9.17. The Labute approximate surface area is 162 Å². The molecule has 2 rings (SSSR count). The summed E-state index contributed by atoms with van der Waals surface area (Å²) >= 11 is 0. The van der Waals surface area contributed by atoms with Crippen LogP contribution in [0, 0.1) is 0 Å². The summed E-state index contributed by atoms with van der Waals surface area (Å²) in [5, 5.41) is 9.98. The number of benzene rings is 1. The first kappa shape index (κ1) is 21.1. The second-order valence-electron chi connectivity index (χ2n) is 5.13. The van der Waals surface area contributed by atoms with Crippen LogP contribution in [0.2, 0.25) is 0 Å². The van der Waals surface area contributed by atoms with Crippen molar-refractivity contribution in [1.82, 2.24) is 20.4 Å². The maximum absolute atomic E-state index is 12.2. The number of H-pyrrole nitrogens is 1. The first-order valence-corrected chi connectivity index (χ1v) is 7.60. The molecule has 2 aromatic rings. The van der Waals surface area contributed by atoms with E-state index in [0.717, 1.165) is 23.8 Å². The van der Waals surface area contributed by atoms with Crippen molar-refractivity contribution in [3.8, 4) is 5.75 Å². The molecule has 0 radical (unpaired) electrons. The van der Waals surface area contributed by atoms with Crippen molar-refractivity contribution >= 4 is 29.9 Å². The van der Waals surface area contributed by atoms with E-state index in [4.69, 9.17) is 0 Å². The van der Waals surface area contributed by atoms with Crippen LogP contribution in [0.25, 0.3) is 0 Å². The lowest BCUT2D eigenvalue weighted by Gasteiger charge is -2.22. The van der Waals surface area contributed by atoms with E-state index in [0.29, 0.717) is 13.1 Å². The topological polar surface area (TPSA) is 65.5 Å². The summed E-state index contributed by atoms with van der Waals surface area (Å²) in [7, 11) is 1.91. The zero-order chi connectivity index (χ0) is 17.4. The number of aromatic amines is 1. The number of hydrogen-bond donors (Lipinski definition) is 2. The van der Waals surface area contributed by atoms with Crippen molar-refractivity contribution in [2.45, 2.75) is 26.6 Å². The molecule has 138 valence electrons. The zero-order valence-corrected chi connectivity index (χ0v) is 16.4. The van der Waals surface area contributed by atoms with E-state index in [1.807, 2.05) is 24.9 Å². The molecule has 0 atom stereocenters. The largest absolute Gasteiger partial charge is 0.435 e. The minimum Gasteiger partial charge on any atom is -0.435 e. The number of aromatic nitrogens is 2. The highest BCUT2D eigenvalue weighted by atomic mass is 127. The van der Waals surface area contributed by atoms with Crippen LogP contribution in [0.4, 0.5) is 8.78 Å². The van der Waals surface area contributed by atoms with Crippen molar-refractivity contribution in [2.24, 2.45) is 4.99 Å². The number of aliphatic imine (C=N–C) groups is 1. The molecule has 0 aliphatic rings.